The van der Waals surface area contributed by atoms with Gasteiger partial charge in [-0.05, 0) is 44.9 Å². The molecular weight excluding hydrogens is 663 g/mol. The van der Waals surface area contributed by atoms with E-state index in [1.807, 2.05) is 6.08 Å². The lowest BCUT2D eigenvalue weighted by atomic mass is 10.0. The molecule has 54 heavy (non-hydrogen) atoms. The summed E-state index contributed by atoms with van der Waals surface area (Å²) in [6.07, 6.45) is 61.5. The molecule has 3 N–H and O–H groups in total. The normalized spacial score (nSPS) is 13.2. The maximum atomic E-state index is 12.3. The second-order valence-electron chi connectivity index (χ2n) is 16.5. The fourth-order valence-corrected chi connectivity index (χ4v) is 7.39. The van der Waals surface area contributed by atoms with Gasteiger partial charge in [0.2, 0.25) is 5.91 Å². The monoisotopic (exact) mass is 758 g/mol. The lowest BCUT2D eigenvalue weighted by molar-refractivity contribution is -0.123. The van der Waals surface area contributed by atoms with Gasteiger partial charge in [-0.1, -0.05) is 243 Å². The van der Waals surface area contributed by atoms with Crippen molar-refractivity contribution in [1.29, 1.82) is 0 Å². The Bertz CT molecular complexity index is 821. The second-order valence-corrected chi connectivity index (χ2v) is 16.5. The molecule has 318 valence electrons. The molecule has 0 bridgehead atoms. The molecule has 0 saturated heterocycles. The number of carbonyl (C=O) groups is 1. The number of nitrogens with one attached hydrogen (secondary N) is 1. The predicted molar refractivity (Wildman–Crippen MR) is 239 cm³/mol. The maximum Gasteiger partial charge on any atom is 0.220 e. The Morgan fingerprint density at radius 3 is 1.07 bits per heavy atom. The summed E-state index contributed by atoms with van der Waals surface area (Å²) in [6.45, 7) is 4.29. The van der Waals surface area contributed by atoms with Crippen molar-refractivity contribution in [1.82, 2.24) is 5.32 Å². The molecule has 0 heterocycles. The van der Waals surface area contributed by atoms with E-state index in [1.54, 1.807) is 6.08 Å². The minimum atomic E-state index is -0.867. The molecule has 0 rings (SSSR count). The van der Waals surface area contributed by atoms with E-state index in [0.717, 1.165) is 38.5 Å². The molecule has 0 radical (unpaired) electrons. The fourth-order valence-electron chi connectivity index (χ4n) is 7.39. The minimum absolute atomic E-state index is 0.0784. The molecule has 0 aliphatic rings. The topological polar surface area (TPSA) is 69.6 Å². The number of allylic oxidation sites excluding steroid dienone is 5. The SMILES string of the molecule is CCCCCCCCCCCCCCCCCCCCCCC/C=C/CC/C=C/CC/C=C/C(O)C(CO)NC(=O)CCCCCCCCCCCCC. The summed E-state index contributed by atoms with van der Waals surface area (Å²) in [4.78, 5) is 12.3. The average Bonchev–Trinajstić information content (AvgIpc) is 3.18. The highest BCUT2D eigenvalue weighted by Gasteiger charge is 2.17. The first-order valence-electron chi connectivity index (χ1n) is 24.2. The van der Waals surface area contributed by atoms with Crippen LogP contribution >= 0.6 is 0 Å². The van der Waals surface area contributed by atoms with Crippen LogP contribution < -0.4 is 5.32 Å². The van der Waals surface area contributed by atoms with Gasteiger partial charge in [-0.3, -0.25) is 4.79 Å². The van der Waals surface area contributed by atoms with Crippen molar-refractivity contribution in [2.75, 3.05) is 6.61 Å². The van der Waals surface area contributed by atoms with Gasteiger partial charge in [-0.15, -0.1) is 0 Å². The highest BCUT2D eigenvalue weighted by molar-refractivity contribution is 5.76. The first-order chi connectivity index (χ1) is 26.7. The van der Waals surface area contributed by atoms with Crippen molar-refractivity contribution in [2.45, 2.75) is 270 Å². The van der Waals surface area contributed by atoms with Gasteiger partial charge in [-0.25, -0.2) is 0 Å². The molecule has 0 aromatic carbocycles. The van der Waals surface area contributed by atoms with Crippen molar-refractivity contribution in [3.63, 3.8) is 0 Å². The predicted octanol–water partition coefficient (Wildman–Crippen LogP) is 15.4. The number of hydrogen-bond donors (Lipinski definition) is 3. The molecule has 0 saturated carbocycles. The third-order valence-electron chi connectivity index (χ3n) is 11.1. The van der Waals surface area contributed by atoms with Crippen molar-refractivity contribution in [2.24, 2.45) is 0 Å². The van der Waals surface area contributed by atoms with E-state index >= 15 is 0 Å². The Hall–Kier alpha value is -1.39. The zero-order valence-corrected chi connectivity index (χ0v) is 36.5. The van der Waals surface area contributed by atoms with Crippen LogP contribution in [0.3, 0.4) is 0 Å². The Balaban J connectivity index is 3.52. The lowest BCUT2D eigenvalue weighted by Crippen LogP contribution is -2.45. The number of hydrogen-bond acceptors (Lipinski definition) is 3. The van der Waals surface area contributed by atoms with Gasteiger partial charge in [0, 0.05) is 6.42 Å². The van der Waals surface area contributed by atoms with Crippen LogP contribution in [0.4, 0.5) is 0 Å². The minimum Gasteiger partial charge on any atom is -0.394 e. The smallest absolute Gasteiger partial charge is 0.220 e. The highest BCUT2D eigenvalue weighted by Crippen LogP contribution is 2.16. The molecular formula is C50H95NO3. The Kier molecular flexibility index (Phi) is 44.8. The molecule has 1 amide bonds. The summed E-state index contributed by atoms with van der Waals surface area (Å²) in [6, 6.07) is -0.641. The summed E-state index contributed by atoms with van der Waals surface area (Å²) in [5.41, 5.74) is 0. The summed E-state index contributed by atoms with van der Waals surface area (Å²) in [7, 11) is 0. The number of aliphatic hydroxyl groups excluding tert-OH is 2. The third-order valence-corrected chi connectivity index (χ3v) is 11.1. The van der Waals surface area contributed by atoms with Gasteiger partial charge < -0.3 is 15.5 Å². The molecule has 4 nitrogen and oxygen atoms in total. The van der Waals surface area contributed by atoms with Gasteiger partial charge in [0.1, 0.15) is 0 Å². The van der Waals surface area contributed by atoms with Crippen LogP contribution in [0, 0.1) is 0 Å². The molecule has 0 aliphatic carbocycles. The molecule has 0 aromatic rings. The molecule has 2 unspecified atom stereocenters. The van der Waals surface area contributed by atoms with E-state index in [9.17, 15) is 15.0 Å². The zero-order valence-electron chi connectivity index (χ0n) is 36.5. The number of rotatable bonds is 44. The standard InChI is InChI=1S/C50H95NO3/c1-3-5-7-9-11-13-15-16-17-18-19-20-21-22-23-24-25-26-27-28-29-30-31-32-33-34-36-37-39-41-43-45-49(53)48(47-52)51-50(54)46-44-42-40-38-35-14-12-10-8-6-4-2/h31-32,36-37,43,45,48-49,52-53H,3-30,33-35,38-42,44,46-47H2,1-2H3,(H,51,54)/b32-31+,37-36+,45-43+. The average molecular weight is 758 g/mol. The summed E-state index contributed by atoms with van der Waals surface area (Å²) >= 11 is 0. The van der Waals surface area contributed by atoms with Gasteiger partial charge in [0.15, 0.2) is 0 Å². The first-order valence-corrected chi connectivity index (χ1v) is 24.2. The van der Waals surface area contributed by atoms with Gasteiger partial charge in [0.25, 0.3) is 0 Å². The van der Waals surface area contributed by atoms with Crippen LogP contribution in [-0.2, 0) is 4.79 Å². The van der Waals surface area contributed by atoms with Gasteiger partial charge in [0.05, 0.1) is 18.8 Å². The quantitative estimate of drug-likeness (QED) is 0.0428. The highest BCUT2D eigenvalue weighted by atomic mass is 16.3. The summed E-state index contributed by atoms with van der Waals surface area (Å²) < 4.78 is 0. The number of carbonyl (C=O) groups excluding carboxylic acids is 1. The summed E-state index contributed by atoms with van der Waals surface area (Å²) in [5, 5.41) is 23.0. The van der Waals surface area contributed by atoms with E-state index in [-0.39, 0.29) is 12.5 Å². The lowest BCUT2D eigenvalue weighted by Gasteiger charge is -2.19. The zero-order chi connectivity index (χ0) is 39.3. The van der Waals surface area contributed by atoms with E-state index < -0.39 is 12.1 Å². The van der Waals surface area contributed by atoms with Crippen LogP contribution in [-0.4, -0.2) is 34.9 Å². The Morgan fingerprint density at radius 1 is 0.426 bits per heavy atom. The molecule has 0 spiro atoms. The molecule has 0 fully saturated rings. The third kappa shape index (κ3) is 41.8. The fraction of sp³-hybridized carbons (Fsp3) is 0.860. The largest absolute Gasteiger partial charge is 0.394 e. The second kappa shape index (κ2) is 46.0. The maximum absolute atomic E-state index is 12.3. The van der Waals surface area contributed by atoms with Crippen LogP contribution in [0.2, 0.25) is 0 Å². The van der Waals surface area contributed by atoms with E-state index in [4.69, 9.17) is 0 Å². The van der Waals surface area contributed by atoms with Gasteiger partial charge >= 0.3 is 0 Å². The van der Waals surface area contributed by atoms with Crippen molar-refractivity contribution < 1.29 is 15.0 Å². The van der Waals surface area contributed by atoms with E-state index in [1.165, 1.54) is 199 Å². The molecule has 0 aliphatic heterocycles. The van der Waals surface area contributed by atoms with Gasteiger partial charge in [-0.2, -0.15) is 0 Å². The van der Waals surface area contributed by atoms with Crippen LogP contribution in [0.5, 0.6) is 0 Å². The van der Waals surface area contributed by atoms with Crippen molar-refractivity contribution in [3.05, 3.63) is 36.5 Å². The van der Waals surface area contributed by atoms with Crippen molar-refractivity contribution >= 4 is 5.91 Å². The van der Waals surface area contributed by atoms with Crippen molar-refractivity contribution in [3.8, 4) is 0 Å². The molecule has 2 atom stereocenters. The molecule has 4 heteroatoms. The number of aliphatic hydroxyl groups is 2. The summed E-state index contributed by atoms with van der Waals surface area (Å²) in [5.74, 6) is -0.0784. The van der Waals surface area contributed by atoms with Crippen LogP contribution in [0.15, 0.2) is 36.5 Å². The van der Waals surface area contributed by atoms with Crippen LogP contribution in [0.25, 0.3) is 0 Å². The first kappa shape index (κ1) is 52.6. The van der Waals surface area contributed by atoms with E-state index in [2.05, 4.69) is 43.5 Å². The Morgan fingerprint density at radius 2 is 0.722 bits per heavy atom. The number of amides is 1. The molecule has 0 aromatic heterocycles. The van der Waals surface area contributed by atoms with E-state index in [0.29, 0.717) is 6.42 Å². The number of unbranched alkanes of at least 4 members (excludes halogenated alkanes) is 33. The Labute approximate surface area is 338 Å². The van der Waals surface area contributed by atoms with Crippen LogP contribution in [0.1, 0.15) is 258 Å².